The highest BCUT2D eigenvalue weighted by molar-refractivity contribution is 5.94. The molecule has 134 valence electrons. The molecule has 2 atom stereocenters. The fraction of sp³-hybridized carbons (Fsp3) is 0.529. The number of halogens is 1. The van der Waals surface area contributed by atoms with Gasteiger partial charge in [0.15, 0.2) is 0 Å². The van der Waals surface area contributed by atoms with Crippen LogP contribution in [0.3, 0.4) is 0 Å². The fourth-order valence-electron chi connectivity index (χ4n) is 3.01. The number of aryl methyl sites for hydroxylation is 2. The van der Waals surface area contributed by atoms with Crippen LogP contribution >= 0.6 is 0 Å². The molecule has 0 aliphatic carbocycles. The summed E-state index contributed by atoms with van der Waals surface area (Å²) in [5.74, 6) is 0.566. The third-order valence-electron chi connectivity index (χ3n) is 4.51. The minimum absolute atomic E-state index is 0.0149. The largest absolute Gasteiger partial charge is 0.345 e. The lowest BCUT2D eigenvalue weighted by Crippen LogP contribution is -2.25. The standard InChI is InChI=1S/C17H23FN6O/c1-12-10-23(11-15(12)18)17-19-20-21-24(17)8-7-13-5-4-6-14(9-13)16(25)22(2)3/h4-6,9,12,15H,7-8,10-11H2,1-3H3/t12-,15+/m1/s1. The van der Waals surface area contributed by atoms with Crippen molar-refractivity contribution in [3.8, 4) is 0 Å². The van der Waals surface area contributed by atoms with Crippen LogP contribution in [0.2, 0.25) is 0 Å². The Morgan fingerprint density at radius 2 is 2.16 bits per heavy atom. The van der Waals surface area contributed by atoms with Crippen LogP contribution in [0.5, 0.6) is 0 Å². The van der Waals surface area contributed by atoms with Gasteiger partial charge in [0, 0.05) is 32.1 Å². The van der Waals surface area contributed by atoms with E-state index in [1.165, 1.54) is 0 Å². The van der Waals surface area contributed by atoms with Crippen molar-refractivity contribution in [1.29, 1.82) is 0 Å². The highest BCUT2D eigenvalue weighted by Gasteiger charge is 2.32. The minimum atomic E-state index is -0.848. The lowest BCUT2D eigenvalue weighted by molar-refractivity contribution is 0.0827. The topological polar surface area (TPSA) is 67.2 Å². The number of hydrogen-bond acceptors (Lipinski definition) is 5. The molecule has 1 amide bonds. The number of anilines is 1. The van der Waals surface area contributed by atoms with Gasteiger partial charge in [-0.3, -0.25) is 4.79 Å². The van der Waals surface area contributed by atoms with Crippen molar-refractivity contribution in [1.82, 2.24) is 25.1 Å². The van der Waals surface area contributed by atoms with E-state index in [-0.39, 0.29) is 11.8 Å². The molecule has 1 saturated heterocycles. The molecular weight excluding hydrogens is 323 g/mol. The van der Waals surface area contributed by atoms with E-state index in [0.717, 1.165) is 5.56 Å². The molecule has 0 radical (unpaired) electrons. The van der Waals surface area contributed by atoms with Crippen LogP contribution in [-0.2, 0) is 13.0 Å². The molecule has 0 bridgehead atoms. The summed E-state index contributed by atoms with van der Waals surface area (Å²) in [6.07, 6.45) is -0.159. The van der Waals surface area contributed by atoms with Gasteiger partial charge >= 0.3 is 0 Å². The molecule has 0 N–H and O–H groups in total. The molecule has 3 rings (SSSR count). The van der Waals surface area contributed by atoms with Crippen molar-refractivity contribution < 1.29 is 9.18 Å². The molecule has 25 heavy (non-hydrogen) atoms. The van der Waals surface area contributed by atoms with Crippen LogP contribution in [0.15, 0.2) is 24.3 Å². The zero-order valence-corrected chi connectivity index (χ0v) is 14.8. The van der Waals surface area contributed by atoms with Crippen molar-refractivity contribution in [2.45, 2.75) is 26.1 Å². The maximum Gasteiger partial charge on any atom is 0.253 e. The molecule has 2 heterocycles. The number of tetrazole rings is 1. The van der Waals surface area contributed by atoms with Gasteiger partial charge in [-0.1, -0.05) is 24.2 Å². The van der Waals surface area contributed by atoms with Crippen molar-refractivity contribution in [2.24, 2.45) is 5.92 Å². The first-order valence-electron chi connectivity index (χ1n) is 8.41. The Labute approximate surface area is 146 Å². The van der Waals surface area contributed by atoms with Gasteiger partial charge in [-0.05, 0) is 34.5 Å². The molecule has 2 aromatic rings. The average Bonchev–Trinajstić information content (AvgIpc) is 3.19. The smallest absolute Gasteiger partial charge is 0.253 e. The summed E-state index contributed by atoms with van der Waals surface area (Å²) in [6, 6.07) is 7.55. The Bertz CT molecular complexity index is 736. The van der Waals surface area contributed by atoms with Crippen LogP contribution in [0, 0.1) is 5.92 Å². The minimum Gasteiger partial charge on any atom is -0.345 e. The molecule has 1 aromatic heterocycles. The van der Waals surface area contributed by atoms with Crippen molar-refractivity contribution >= 4 is 11.9 Å². The highest BCUT2D eigenvalue weighted by atomic mass is 19.1. The van der Waals surface area contributed by atoms with Gasteiger partial charge in [0.2, 0.25) is 5.95 Å². The molecule has 7 nitrogen and oxygen atoms in total. The SMILES string of the molecule is C[C@@H]1CN(c2nnnn2CCc2cccc(C(=O)N(C)C)c2)C[C@@H]1F. The van der Waals surface area contributed by atoms with Crippen LogP contribution in [0.1, 0.15) is 22.8 Å². The second-order valence-electron chi connectivity index (χ2n) is 6.75. The van der Waals surface area contributed by atoms with Gasteiger partial charge in [0.25, 0.3) is 5.91 Å². The summed E-state index contributed by atoms with van der Waals surface area (Å²) in [5.41, 5.74) is 1.69. The van der Waals surface area contributed by atoms with Gasteiger partial charge in [0.1, 0.15) is 6.17 Å². The molecule has 0 saturated carbocycles. The first-order valence-corrected chi connectivity index (χ1v) is 8.41. The number of aromatic nitrogens is 4. The first-order chi connectivity index (χ1) is 12.0. The number of rotatable bonds is 5. The lowest BCUT2D eigenvalue weighted by atomic mass is 10.1. The van der Waals surface area contributed by atoms with Gasteiger partial charge in [-0.25, -0.2) is 9.07 Å². The van der Waals surface area contributed by atoms with Crippen molar-refractivity contribution in [3.05, 3.63) is 35.4 Å². The number of alkyl halides is 1. The van der Waals surface area contributed by atoms with Crippen LogP contribution in [0.25, 0.3) is 0 Å². The Balaban J connectivity index is 1.68. The first kappa shape index (κ1) is 17.3. The zero-order valence-electron chi connectivity index (χ0n) is 14.8. The highest BCUT2D eigenvalue weighted by Crippen LogP contribution is 2.23. The maximum absolute atomic E-state index is 13.8. The number of benzene rings is 1. The predicted molar refractivity (Wildman–Crippen MR) is 92.3 cm³/mol. The van der Waals surface area contributed by atoms with E-state index in [1.54, 1.807) is 29.7 Å². The Hall–Kier alpha value is -2.51. The van der Waals surface area contributed by atoms with E-state index in [9.17, 15) is 9.18 Å². The number of carbonyl (C=O) groups excluding carboxylic acids is 1. The molecule has 1 aliphatic heterocycles. The molecule has 1 aromatic carbocycles. The number of amides is 1. The molecule has 1 aliphatic rings. The summed E-state index contributed by atoms with van der Waals surface area (Å²) in [7, 11) is 3.47. The third kappa shape index (κ3) is 3.78. The van der Waals surface area contributed by atoms with Crippen LogP contribution in [-0.4, -0.2) is 64.4 Å². The van der Waals surface area contributed by atoms with E-state index in [2.05, 4.69) is 15.5 Å². The van der Waals surface area contributed by atoms with Crippen molar-refractivity contribution in [2.75, 3.05) is 32.1 Å². The van der Waals surface area contributed by atoms with Crippen LogP contribution in [0.4, 0.5) is 10.3 Å². The quantitative estimate of drug-likeness (QED) is 0.819. The van der Waals surface area contributed by atoms with E-state index in [1.807, 2.05) is 30.0 Å². The summed E-state index contributed by atoms with van der Waals surface area (Å²) < 4.78 is 15.5. The third-order valence-corrected chi connectivity index (χ3v) is 4.51. The fourth-order valence-corrected chi connectivity index (χ4v) is 3.01. The second kappa shape index (κ2) is 7.16. The van der Waals surface area contributed by atoms with Gasteiger partial charge < -0.3 is 9.80 Å². The number of nitrogens with zero attached hydrogens (tertiary/aromatic N) is 6. The summed E-state index contributed by atoms with van der Waals surface area (Å²) in [4.78, 5) is 15.5. The van der Waals surface area contributed by atoms with E-state index in [4.69, 9.17) is 0 Å². The molecule has 0 unspecified atom stereocenters. The summed E-state index contributed by atoms with van der Waals surface area (Å²) in [6.45, 7) is 3.42. The summed E-state index contributed by atoms with van der Waals surface area (Å²) in [5, 5.41) is 11.8. The Morgan fingerprint density at radius 3 is 2.84 bits per heavy atom. The second-order valence-corrected chi connectivity index (χ2v) is 6.75. The van der Waals surface area contributed by atoms with Gasteiger partial charge in [-0.15, -0.1) is 0 Å². The molecule has 0 spiro atoms. The lowest BCUT2D eigenvalue weighted by Gasteiger charge is -2.16. The normalized spacial score (nSPS) is 20.1. The number of carbonyl (C=O) groups is 1. The van der Waals surface area contributed by atoms with Crippen LogP contribution < -0.4 is 4.90 Å². The van der Waals surface area contributed by atoms with E-state index in [0.29, 0.717) is 37.6 Å². The summed E-state index contributed by atoms with van der Waals surface area (Å²) >= 11 is 0. The Morgan fingerprint density at radius 1 is 1.36 bits per heavy atom. The number of hydrogen-bond donors (Lipinski definition) is 0. The van der Waals surface area contributed by atoms with E-state index >= 15 is 0 Å². The predicted octanol–water partition coefficient (Wildman–Crippen LogP) is 1.41. The monoisotopic (exact) mass is 346 g/mol. The molecular formula is C17H23FN6O. The Kier molecular flexibility index (Phi) is 4.96. The average molecular weight is 346 g/mol. The maximum atomic E-state index is 13.8. The molecule has 8 heteroatoms. The van der Waals surface area contributed by atoms with Crippen molar-refractivity contribution in [3.63, 3.8) is 0 Å². The molecule has 1 fully saturated rings. The van der Waals surface area contributed by atoms with Gasteiger partial charge in [-0.2, -0.15) is 0 Å². The van der Waals surface area contributed by atoms with E-state index < -0.39 is 6.17 Å². The van der Waals surface area contributed by atoms with Gasteiger partial charge in [0.05, 0.1) is 13.1 Å². The zero-order chi connectivity index (χ0) is 18.0.